The van der Waals surface area contributed by atoms with Crippen LogP contribution in [-0.4, -0.2) is 45.5 Å². The second kappa shape index (κ2) is 10.2. The summed E-state index contributed by atoms with van der Waals surface area (Å²) >= 11 is 1.38. The van der Waals surface area contributed by atoms with Gasteiger partial charge in [-0.3, -0.25) is 4.79 Å². The second-order valence-electron chi connectivity index (χ2n) is 9.00. The molecule has 0 bridgehead atoms. The first-order valence-corrected chi connectivity index (χ1v) is 12.2. The van der Waals surface area contributed by atoms with Gasteiger partial charge in [-0.25, -0.2) is 4.79 Å². The van der Waals surface area contributed by atoms with Gasteiger partial charge in [0, 0.05) is 36.2 Å². The van der Waals surface area contributed by atoms with Crippen LogP contribution in [0.15, 0.2) is 42.5 Å². The van der Waals surface area contributed by atoms with Gasteiger partial charge >= 0.3 is 5.97 Å². The van der Waals surface area contributed by atoms with Gasteiger partial charge in [-0.2, -0.15) is 0 Å². The Hall–Kier alpha value is -3.56. The van der Waals surface area contributed by atoms with E-state index in [-0.39, 0.29) is 19.3 Å². The van der Waals surface area contributed by atoms with E-state index >= 15 is 0 Å². The first-order valence-electron chi connectivity index (χ1n) is 11.4. The fourth-order valence-corrected chi connectivity index (χ4v) is 5.05. The van der Waals surface area contributed by atoms with E-state index in [1.165, 1.54) is 11.3 Å². The Balaban J connectivity index is 1.81. The van der Waals surface area contributed by atoms with Crippen LogP contribution >= 0.6 is 11.3 Å². The Morgan fingerprint density at radius 2 is 1.83 bits per heavy atom. The molecule has 4 rings (SSSR count). The number of thiophene rings is 1. The van der Waals surface area contributed by atoms with Crippen molar-refractivity contribution in [3.05, 3.63) is 57.8 Å². The molecule has 0 saturated carbocycles. The molecule has 2 heterocycles. The fourth-order valence-electron chi connectivity index (χ4n) is 4.29. The number of hydrogen-bond donors (Lipinski definition) is 1. The Morgan fingerprint density at radius 1 is 1.08 bits per heavy atom. The van der Waals surface area contributed by atoms with E-state index in [0.717, 1.165) is 21.7 Å². The maximum Gasteiger partial charge on any atom is 0.348 e. The lowest BCUT2D eigenvalue weighted by Crippen LogP contribution is -2.52. The van der Waals surface area contributed by atoms with Crippen LogP contribution in [0, 0.1) is 6.92 Å². The number of methoxy groups -OCH3 is 2. The van der Waals surface area contributed by atoms with E-state index in [0.29, 0.717) is 27.6 Å². The number of nitrogens with zero attached hydrogens (tertiary/aromatic N) is 1. The monoisotopic (exact) mass is 510 g/mol. The molecule has 190 valence electrons. The third kappa shape index (κ3) is 4.89. The van der Waals surface area contributed by atoms with Crippen molar-refractivity contribution in [1.82, 2.24) is 0 Å². The Morgan fingerprint density at radius 3 is 2.50 bits per heavy atom. The van der Waals surface area contributed by atoms with Crippen molar-refractivity contribution < 1.29 is 28.5 Å². The average molecular weight is 511 g/mol. The van der Waals surface area contributed by atoms with Gasteiger partial charge in [-0.05, 0) is 56.7 Å². The molecule has 1 aliphatic rings. The van der Waals surface area contributed by atoms with Crippen LogP contribution in [0.1, 0.15) is 34.0 Å². The molecule has 0 spiro atoms. The molecule has 1 amide bonds. The molecule has 9 heteroatoms. The van der Waals surface area contributed by atoms with Gasteiger partial charge in [0.15, 0.2) is 6.79 Å². The Bertz CT molecular complexity index is 1300. The first kappa shape index (κ1) is 25.5. The van der Waals surface area contributed by atoms with Crippen LogP contribution < -0.4 is 19.7 Å². The first-order chi connectivity index (χ1) is 17.2. The van der Waals surface area contributed by atoms with Crippen LogP contribution in [0.4, 0.5) is 11.4 Å². The van der Waals surface area contributed by atoms with Crippen LogP contribution in [-0.2, 0) is 20.9 Å². The third-order valence-electron chi connectivity index (χ3n) is 6.00. The lowest BCUT2D eigenvalue weighted by atomic mass is 9.92. The summed E-state index contributed by atoms with van der Waals surface area (Å²) in [6, 6.07) is 13.0. The van der Waals surface area contributed by atoms with E-state index in [1.807, 2.05) is 51.1 Å². The number of amides is 1. The molecule has 0 radical (unpaired) electrons. The van der Waals surface area contributed by atoms with Gasteiger partial charge in [0.25, 0.3) is 5.91 Å². The molecule has 1 aromatic heterocycles. The van der Waals surface area contributed by atoms with Gasteiger partial charge in [-0.15, -0.1) is 11.3 Å². The zero-order valence-electron chi connectivity index (χ0n) is 21.3. The van der Waals surface area contributed by atoms with Crippen molar-refractivity contribution >= 4 is 34.6 Å². The molecule has 0 unspecified atom stereocenters. The number of aryl methyl sites for hydroxylation is 1. The van der Waals surface area contributed by atoms with Crippen molar-refractivity contribution in [3.63, 3.8) is 0 Å². The van der Waals surface area contributed by atoms with Crippen LogP contribution in [0.5, 0.6) is 11.5 Å². The standard InChI is InChI=1S/C27H30N2O6S/c1-16-7-12-23(36-16)25(30)34-14-20-18(19-9-8-17(35-15-32-5)13-22(19)33-6)10-11-21-24(20)29(4)26(31)27(2,3)28-21/h7-13,28H,14-15H2,1-6H3. The van der Waals surface area contributed by atoms with Crippen LogP contribution in [0.2, 0.25) is 0 Å². The van der Waals surface area contributed by atoms with E-state index in [4.69, 9.17) is 18.9 Å². The molecule has 36 heavy (non-hydrogen) atoms. The molecule has 0 aliphatic carbocycles. The third-order valence-corrected chi connectivity index (χ3v) is 6.98. The van der Waals surface area contributed by atoms with E-state index in [1.54, 1.807) is 38.3 Å². The highest BCUT2D eigenvalue weighted by Gasteiger charge is 2.39. The number of ether oxygens (including phenoxy) is 4. The van der Waals surface area contributed by atoms with E-state index in [9.17, 15) is 9.59 Å². The number of esters is 1. The normalized spacial score (nSPS) is 14.2. The molecular weight excluding hydrogens is 480 g/mol. The summed E-state index contributed by atoms with van der Waals surface area (Å²) < 4.78 is 22.0. The quantitative estimate of drug-likeness (QED) is 0.328. The van der Waals surface area contributed by atoms with Crippen molar-refractivity contribution in [3.8, 4) is 22.6 Å². The van der Waals surface area contributed by atoms with E-state index < -0.39 is 11.5 Å². The molecule has 8 nitrogen and oxygen atoms in total. The van der Waals surface area contributed by atoms with Crippen molar-refractivity contribution in [2.24, 2.45) is 0 Å². The number of anilines is 2. The number of fused-ring (bicyclic) bond motifs is 1. The number of carbonyl (C=O) groups excluding carboxylic acids is 2. The summed E-state index contributed by atoms with van der Waals surface area (Å²) in [4.78, 5) is 29.1. The molecule has 0 atom stereocenters. The minimum atomic E-state index is -0.774. The maximum atomic E-state index is 13.1. The summed E-state index contributed by atoms with van der Waals surface area (Å²) in [7, 11) is 4.87. The number of nitrogens with one attached hydrogen (secondary N) is 1. The molecular formula is C27H30N2O6S. The Labute approximate surface area is 214 Å². The van der Waals surface area contributed by atoms with Crippen molar-refractivity contribution in [1.29, 1.82) is 0 Å². The highest BCUT2D eigenvalue weighted by molar-refractivity contribution is 7.13. The van der Waals surface area contributed by atoms with Crippen LogP contribution in [0.25, 0.3) is 11.1 Å². The zero-order valence-corrected chi connectivity index (χ0v) is 22.1. The zero-order chi connectivity index (χ0) is 26.0. The smallest absolute Gasteiger partial charge is 0.348 e. The summed E-state index contributed by atoms with van der Waals surface area (Å²) in [6.07, 6.45) is 0. The minimum Gasteiger partial charge on any atom is -0.496 e. The Kier molecular flexibility index (Phi) is 7.23. The van der Waals surface area contributed by atoms with Crippen molar-refractivity contribution in [2.75, 3.05) is 38.3 Å². The van der Waals surface area contributed by atoms with Crippen LogP contribution in [0.3, 0.4) is 0 Å². The molecule has 0 saturated heterocycles. The number of carbonyl (C=O) groups is 2. The maximum absolute atomic E-state index is 13.1. The van der Waals surface area contributed by atoms with E-state index in [2.05, 4.69) is 5.32 Å². The van der Waals surface area contributed by atoms with Crippen molar-refractivity contribution in [2.45, 2.75) is 32.9 Å². The summed E-state index contributed by atoms with van der Waals surface area (Å²) in [5.41, 5.74) is 2.91. The highest BCUT2D eigenvalue weighted by Crippen LogP contribution is 2.45. The topological polar surface area (TPSA) is 86.3 Å². The average Bonchev–Trinajstić information content (AvgIpc) is 3.30. The number of benzene rings is 2. The highest BCUT2D eigenvalue weighted by atomic mass is 32.1. The van der Waals surface area contributed by atoms with Gasteiger partial charge < -0.3 is 29.2 Å². The second-order valence-corrected chi connectivity index (χ2v) is 10.3. The number of rotatable bonds is 8. The molecule has 1 aliphatic heterocycles. The lowest BCUT2D eigenvalue weighted by Gasteiger charge is -2.39. The summed E-state index contributed by atoms with van der Waals surface area (Å²) in [6.45, 7) is 5.69. The predicted molar refractivity (Wildman–Crippen MR) is 140 cm³/mol. The number of likely N-dealkylation sites (N-methyl/N-ethyl adjacent to an activating group) is 1. The van der Waals surface area contributed by atoms with Gasteiger partial charge in [0.2, 0.25) is 0 Å². The summed E-state index contributed by atoms with van der Waals surface area (Å²) in [5.74, 6) is 0.657. The SMILES string of the molecule is COCOc1ccc(-c2ccc3c(c2COC(=O)c2ccc(C)s2)N(C)C(=O)C(C)(C)N3)c(OC)c1. The molecule has 0 fully saturated rings. The van der Waals surface area contributed by atoms with Gasteiger partial charge in [0.1, 0.15) is 28.5 Å². The predicted octanol–water partition coefficient (Wildman–Crippen LogP) is 5.24. The lowest BCUT2D eigenvalue weighted by molar-refractivity contribution is -0.121. The molecule has 2 aromatic carbocycles. The fraction of sp³-hybridized carbons (Fsp3) is 0.333. The minimum absolute atomic E-state index is 0.0287. The number of hydrogen-bond acceptors (Lipinski definition) is 8. The largest absolute Gasteiger partial charge is 0.496 e. The van der Waals surface area contributed by atoms with Gasteiger partial charge in [0.05, 0.1) is 18.5 Å². The van der Waals surface area contributed by atoms with Gasteiger partial charge in [-0.1, -0.05) is 6.07 Å². The molecule has 1 N–H and O–H groups in total. The molecule has 3 aromatic rings. The summed E-state index contributed by atoms with van der Waals surface area (Å²) in [5, 5.41) is 3.32.